The quantitative estimate of drug-likeness (QED) is 0.788. The van der Waals surface area contributed by atoms with Crippen LogP contribution in [-0.2, 0) is 11.2 Å². The lowest BCUT2D eigenvalue weighted by molar-refractivity contribution is -0.120. The largest absolute Gasteiger partial charge is 0.355 e. The first-order valence-electron chi connectivity index (χ1n) is 5.35. The summed E-state index contributed by atoms with van der Waals surface area (Å²) in [4.78, 5) is 11.3. The molecule has 0 fully saturated rings. The second kappa shape index (κ2) is 6.23. The van der Waals surface area contributed by atoms with Crippen LogP contribution < -0.4 is 11.1 Å². The Hall–Kier alpha value is -1.42. The van der Waals surface area contributed by atoms with E-state index in [4.69, 9.17) is 5.73 Å². The van der Waals surface area contributed by atoms with Crippen molar-refractivity contribution < 1.29 is 9.18 Å². The first-order valence-corrected chi connectivity index (χ1v) is 5.35. The Morgan fingerprint density at radius 1 is 1.50 bits per heavy atom. The SMILES string of the molecule is Cc1cc(CCC(=O)NCCN)ccc1F. The second-order valence-corrected chi connectivity index (χ2v) is 3.72. The molecule has 0 heterocycles. The number of carbonyl (C=O) groups is 1. The smallest absolute Gasteiger partial charge is 0.220 e. The van der Waals surface area contributed by atoms with Crippen molar-refractivity contribution in [1.29, 1.82) is 0 Å². The van der Waals surface area contributed by atoms with E-state index < -0.39 is 0 Å². The lowest BCUT2D eigenvalue weighted by Gasteiger charge is -2.04. The van der Waals surface area contributed by atoms with Gasteiger partial charge in [0.05, 0.1) is 0 Å². The molecule has 0 aliphatic heterocycles. The third-order valence-electron chi connectivity index (χ3n) is 2.33. The molecule has 0 aliphatic rings. The maximum Gasteiger partial charge on any atom is 0.220 e. The maximum absolute atomic E-state index is 13.0. The summed E-state index contributed by atoms with van der Waals surface area (Å²) < 4.78 is 13.0. The molecule has 1 aromatic carbocycles. The van der Waals surface area contributed by atoms with Gasteiger partial charge in [-0.2, -0.15) is 0 Å². The fourth-order valence-corrected chi connectivity index (χ4v) is 1.42. The van der Waals surface area contributed by atoms with E-state index in [0.29, 0.717) is 31.5 Å². The molecule has 3 N–H and O–H groups in total. The molecule has 0 radical (unpaired) electrons. The van der Waals surface area contributed by atoms with Gasteiger partial charge in [0.15, 0.2) is 0 Å². The van der Waals surface area contributed by atoms with E-state index in [0.717, 1.165) is 5.56 Å². The predicted molar refractivity (Wildman–Crippen MR) is 61.5 cm³/mol. The van der Waals surface area contributed by atoms with Crippen molar-refractivity contribution in [2.75, 3.05) is 13.1 Å². The van der Waals surface area contributed by atoms with Gasteiger partial charge in [0.1, 0.15) is 5.82 Å². The standard InChI is InChI=1S/C12H17FN2O/c1-9-8-10(2-4-11(9)13)3-5-12(16)15-7-6-14/h2,4,8H,3,5-7,14H2,1H3,(H,15,16). The summed E-state index contributed by atoms with van der Waals surface area (Å²) in [5, 5.41) is 2.69. The zero-order chi connectivity index (χ0) is 12.0. The molecule has 1 amide bonds. The molecular formula is C12H17FN2O. The van der Waals surface area contributed by atoms with Crippen LogP contribution in [0.15, 0.2) is 18.2 Å². The summed E-state index contributed by atoms with van der Waals surface area (Å²) in [5.41, 5.74) is 6.85. The van der Waals surface area contributed by atoms with Crippen LogP contribution >= 0.6 is 0 Å². The van der Waals surface area contributed by atoms with E-state index in [-0.39, 0.29) is 11.7 Å². The predicted octanol–water partition coefficient (Wildman–Crippen LogP) is 1.14. The average Bonchev–Trinajstić information content (AvgIpc) is 2.28. The van der Waals surface area contributed by atoms with E-state index in [1.54, 1.807) is 19.1 Å². The Balaban J connectivity index is 2.42. The van der Waals surface area contributed by atoms with Crippen molar-refractivity contribution in [1.82, 2.24) is 5.32 Å². The lowest BCUT2D eigenvalue weighted by Crippen LogP contribution is -2.29. The van der Waals surface area contributed by atoms with Crippen LogP contribution in [0.25, 0.3) is 0 Å². The second-order valence-electron chi connectivity index (χ2n) is 3.72. The Labute approximate surface area is 94.8 Å². The number of hydrogen-bond acceptors (Lipinski definition) is 2. The molecule has 0 aliphatic carbocycles. The number of nitrogens with two attached hydrogens (primary N) is 1. The van der Waals surface area contributed by atoms with E-state index in [1.165, 1.54) is 6.07 Å². The summed E-state index contributed by atoms with van der Waals surface area (Å²) in [6, 6.07) is 4.91. The van der Waals surface area contributed by atoms with Crippen LogP contribution in [0.3, 0.4) is 0 Å². The Morgan fingerprint density at radius 2 is 2.25 bits per heavy atom. The fourth-order valence-electron chi connectivity index (χ4n) is 1.42. The van der Waals surface area contributed by atoms with Crippen molar-refractivity contribution in [3.8, 4) is 0 Å². The topological polar surface area (TPSA) is 55.1 Å². The molecule has 0 bridgehead atoms. The van der Waals surface area contributed by atoms with Crippen molar-refractivity contribution >= 4 is 5.91 Å². The Morgan fingerprint density at radius 3 is 2.88 bits per heavy atom. The van der Waals surface area contributed by atoms with Crippen LogP contribution in [0.4, 0.5) is 4.39 Å². The molecule has 0 unspecified atom stereocenters. The molecule has 1 rings (SSSR count). The van der Waals surface area contributed by atoms with Crippen LogP contribution in [-0.4, -0.2) is 19.0 Å². The van der Waals surface area contributed by atoms with E-state index >= 15 is 0 Å². The highest BCUT2D eigenvalue weighted by Gasteiger charge is 2.03. The third kappa shape index (κ3) is 3.98. The zero-order valence-corrected chi connectivity index (χ0v) is 9.42. The van der Waals surface area contributed by atoms with Crippen LogP contribution in [0.1, 0.15) is 17.5 Å². The summed E-state index contributed by atoms with van der Waals surface area (Å²) in [5.74, 6) is -0.233. The van der Waals surface area contributed by atoms with E-state index in [2.05, 4.69) is 5.32 Å². The first kappa shape index (κ1) is 12.6. The fraction of sp³-hybridized carbons (Fsp3) is 0.417. The third-order valence-corrected chi connectivity index (χ3v) is 2.33. The molecule has 0 spiro atoms. The van der Waals surface area contributed by atoms with Gasteiger partial charge in [0.25, 0.3) is 0 Å². The summed E-state index contributed by atoms with van der Waals surface area (Å²) in [6.45, 7) is 2.66. The summed E-state index contributed by atoms with van der Waals surface area (Å²) >= 11 is 0. The minimum Gasteiger partial charge on any atom is -0.355 e. The number of amides is 1. The minimum absolute atomic E-state index is 0.0209. The van der Waals surface area contributed by atoms with Gasteiger partial charge in [-0.05, 0) is 30.5 Å². The molecule has 3 nitrogen and oxygen atoms in total. The summed E-state index contributed by atoms with van der Waals surface area (Å²) in [6.07, 6.45) is 1.03. The molecule has 0 atom stereocenters. The lowest BCUT2D eigenvalue weighted by atomic mass is 10.1. The van der Waals surface area contributed by atoms with Gasteiger partial charge in [-0.3, -0.25) is 4.79 Å². The molecule has 88 valence electrons. The number of rotatable bonds is 5. The highest BCUT2D eigenvalue weighted by atomic mass is 19.1. The maximum atomic E-state index is 13.0. The van der Waals surface area contributed by atoms with E-state index in [1.807, 2.05) is 0 Å². The van der Waals surface area contributed by atoms with Crippen molar-refractivity contribution in [3.05, 3.63) is 35.1 Å². The Kier molecular flexibility index (Phi) is 4.92. The molecule has 16 heavy (non-hydrogen) atoms. The number of aryl methyl sites for hydroxylation is 2. The van der Waals surface area contributed by atoms with Crippen molar-refractivity contribution in [3.63, 3.8) is 0 Å². The van der Waals surface area contributed by atoms with Gasteiger partial charge in [0.2, 0.25) is 5.91 Å². The van der Waals surface area contributed by atoms with Gasteiger partial charge >= 0.3 is 0 Å². The van der Waals surface area contributed by atoms with Gasteiger partial charge < -0.3 is 11.1 Å². The number of nitrogens with one attached hydrogen (secondary N) is 1. The number of halogens is 1. The summed E-state index contributed by atoms with van der Waals surface area (Å²) in [7, 11) is 0. The normalized spacial score (nSPS) is 10.2. The Bertz CT molecular complexity index is 366. The van der Waals surface area contributed by atoms with Gasteiger partial charge in [-0.15, -0.1) is 0 Å². The highest BCUT2D eigenvalue weighted by molar-refractivity contribution is 5.76. The molecule has 0 aromatic heterocycles. The number of benzene rings is 1. The highest BCUT2D eigenvalue weighted by Crippen LogP contribution is 2.10. The minimum atomic E-state index is -0.212. The van der Waals surface area contributed by atoms with Gasteiger partial charge in [0, 0.05) is 19.5 Å². The van der Waals surface area contributed by atoms with Gasteiger partial charge in [-0.25, -0.2) is 4.39 Å². The molecule has 0 saturated carbocycles. The zero-order valence-electron chi connectivity index (χ0n) is 9.42. The molecule has 4 heteroatoms. The molecule has 1 aromatic rings. The van der Waals surface area contributed by atoms with E-state index in [9.17, 15) is 9.18 Å². The van der Waals surface area contributed by atoms with Crippen LogP contribution in [0, 0.1) is 12.7 Å². The first-order chi connectivity index (χ1) is 7.63. The average molecular weight is 224 g/mol. The number of carbonyl (C=O) groups excluding carboxylic acids is 1. The monoisotopic (exact) mass is 224 g/mol. The van der Waals surface area contributed by atoms with Gasteiger partial charge in [-0.1, -0.05) is 12.1 Å². The van der Waals surface area contributed by atoms with Crippen LogP contribution in [0.5, 0.6) is 0 Å². The number of hydrogen-bond donors (Lipinski definition) is 2. The molecular weight excluding hydrogens is 207 g/mol. The molecule has 0 saturated heterocycles. The van der Waals surface area contributed by atoms with Crippen molar-refractivity contribution in [2.45, 2.75) is 19.8 Å². The van der Waals surface area contributed by atoms with Crippen LogP contribution in [0.2, 0.25) is 0 Å². The van der Waals surface area contributed by atoms with Crippen molar-refractivity contribution in [2.24, 2.45) is 5.73 Å².